The lowest BCUT2D eigenvalue weighted by atomic mass is 10.1. The van der Waals surface area contributed by atoms with Crippen LogP contribution in [-0.4, -0.2) is 26.1 Å². The van der Waals surface area contributed by atoms with E-state index >= 15 is 0 Å². The molecule has 0 saturated carbocycles. The van der Waals surface area contributed by atoms with Crippen LogP contribution >= 0.6 is 0 Å². The molecule has 0 aliphatic heterocycles. The highest BCUT2D eigenvalue weighted by atomic mass is 16.4. The van der Waals surface area contributed by atoms with Crippen molar-refractivity contribution in [2.45, 2.75) is 45.6 Å². The van der Waals surface area contributed by atoms with Crippen LogP contribution in [0.5, 0.6) is 0 Å². The Balaban J connectivity index is 2.00. The molecule has 5 nitrogen and oxygen atoms in total. The Bertz CT molecular complexity index is 578. The minimum Gasteiger partial charge on any atom is -0.476 e. The Labute approximate surface area is 124 Å². The van der Waals surface area contributed by atoms with Crippen molar-refractivity contribution >= 4 is 5.97 Å². The number of hydrogen-bond donors (Lipinski definition) is 1. The van der Waals surface area contributed by atoms with Crippen molar-refractivity contribution in [3.05, 3.63) is 47.3 Å². The Morgan fingerprint density at radius 1 is 1.19 bits per heavy atom. The minimum atomic E-state index is -0.990. The van der Waals surface area contributed by atoms with Crippen LogP contribution in [0, 0.1) is 0 Å². The van der Waals surface area contributed by atoms with Gasteiger partial charge in [-0.15, -0.1) is 5.10 Å². The van der Waals surface area contributed by atoms with Gasteiger partial charge in [0.2, 0.25) is 0 Å². The molecule has 0 atom stereocenters. The predicted octanol–water partition coefficient (Wildman–Crippen LogP) is 2.95. The molecule has 1 N–H and O–H groups in total. The van der Waals surface area contributed by atoms with Gasteiger partial charge in [-0.2, -0.15) is 0 Å². The number of carbonyl (C=O) groups is 1. The molecule has 5 heteroatoms. The van der Waals surface area contributed by atoms with E-state index in [1.165, 1.54) is 5.56 Å². The normalized spacial score (nSPS) is 10.7. The third kappa shape index (κ3) is 4.15. The summed E-state index contributed by atoms with van der Waals surface area (Å²) < 4.78 is 1.75. The quantitative estimate of drug-likeness (QED) is 0.810. The van der Waals surface area contributed by atoms with Gasteiger partial charge in [-0.3, -0.25) is 0 Å². The van der Waals surface area contributed by atoms with Crippen molar-refractivity contribution < 1.29 is 9.90 Å². The number of aromatic carboxylic acids is 1. The van der Waals surface area contributed by atoms with E-state index < -0.39 is 5.97 Å². The van der Waals surface area contributed by atoms with Gasteiger partial charge in [0.25, 0.3) is 0 Å². The van der Waals surface area contributed by atoms with E-state index in [1.807, 2.05) is 18.2 Å². The van der Waals surface area contributed by atoms with E-state index in [-0.39, 0.29) is 5.69 Å². The summed E-state index contributed by atoms with van der Waals surface area (Å²) in [5.41, 5.74) is 2.13. The Morgan fingerprint density at radius 2 is 1.95 bits per heavy atom. The van der Waals surface area contributed by atoms with Gasteiger partial charge in [0.15, 0.2) is 5.69 Å². The molecule has 0 aliphatic rings. The molecule has 0 fully saturated rings. The molecule has 0 radical (unpaired) electrons. The van der Waals surface area contributed by atoms with Gasteiger partial charge in [-0.25, -0.2) is 9.48 Å². The van der Waals surface area contributed by atoms with Gasteiger partial charge >= 0.3 is 5.97 Å². The summed E-state index contributed by atoms with van der Waals surface area (Å²) >= 11 is 0. The highest BCUT2D eigenvalue weighted by Gasteiger charge is 2.18. The van der Waals surface area contributed by atoms with Gasteiger partial charge in [0.05, 0.1) is 5.69 Å². The second-order valence-electron chi connectivity index (χ2n) is 5.11. The number of hydrogen-bond acceptors (Lipinski definition) is 3. The number of benzene rings is 1. The molecule has 21 heavy (non-hydrogen) atoms. The smallest absolute Gasteiger partial charge is 0.358 e. The molecule has 1 aromatic carbocycles. The minimum absolute atomic E-state index is 0.100. The highest BCUT2D eigenvalue weighted by Crippen LogP contribution is 2.12. The first-order valence-electron chi connectivity index (χ1n) is 7.42. The Kier molecular flexibility index (Phi) is 5.49. The summed E-state index contributed by atoms with van der Waals surface area (Å²) in [6.45, 7) is 2.79. The molecule has 0 aliphatic carbocycles. The molecule has 0 spiro atoms. The Hall–Kier alpha value is -2.17. The van der Waals surface area contributed by atoms with E-state index in [0.717, 1.165) is 37.8 Å². The number of carboxylic acid groups (broad SMARTS) is 1. The van der Waals surface area contributed by atoms with Crippen molar-refractivity contribution in [2.24, 2.45) is 0 Å². The van der Waals surface area contributed by atoms with Crippen molar-refractivity contribution in [3.63, 3.8) is 0 Å². The third-order valence-electron chi connectivity index (χ3n) is 3.49. The summed E-state index contributed by atoms with van der Waals surface area (Å²) in [6, 6.07) is 10.3. The zero-order valence-electron chi connectivity index (χ0n) is 12.3. The number of nitrogens with zero attached hydrogens (tertiary/aromatic N) is 3. The summed E-state index contributed by atoms with van der Waals surface area (Å²) in [5, 5.41) is 17.0. The standard InChI is InChI=1S/C16H21N3O2/c1-2-3-11-14-15(16(20)21)17-18-19(14)12-7-10-13-8-5-4-6-9-13/h4-6,8-9H,2-3,7,10-12H2,1H3,(H,20,21). The van der Waals surface area contributed by atoms with Crippen LogP contribution in [0.4, 0.5) is 0 Å². The van der Waals surface area contributed by atoms with Crippen LogP contribution in [0.25, 0.3) is 0 Å². The SMILES string of the molecule is CCCCc1c(C(=O)O)nnn1CCCc1ccccc1. The largest absolute Gasteiger partial charge is 0.476 e. The zero-order valence-corrected chi connectivity index (χ0v) is 12.3. The molecule has 112 valence electrons. The summed E-state index contributed by atoms with van der Waals surface area (Å²) in [5.74, 6) is -0.990. The fourth-order valence-electron chi connectivity index (χ4n) is 2.35. The maximum Gasteiger partial charge on any atom is 0.358 e. The number of aromatic nitrogens is 3. The first-order valence-corrected chi connectivity index (χ1v) is 7.42. The van der Waals surface area contributed by atoms with Crippen molar-refractivity contribution in [1.29, 1.82) is 0 Å². The van der Waals surface area contributed by atoms with Crippen molar-refractivity contribution in [1.82, 2.24) is 15.0 Å². The van der Waals surface area contributed by atoms with Crippen LogP contribution in [0.2, 0.25) is 0 Å². The molecule has 0 bridgehead atoms. The van der Waals surface area contributed by atoms with E-state index in [0.29, 0.717) is 6.54 Å². The number of carboxylic acids is 1. The first-order chi connectivity index (χ1) is 10.2. The molecule has 0 saturated heterocycles. The maximum atomic E-state index is 11.2. The fraction of sp³-hybridized carbons (Fsp3) is 0.438. The summed E-state index contributed by atoms with van der Waals surface area (Å²) in [6.07, 6.45) is 4.57. The number of aryl methyl sites for hydroxylation is 2. The molecule has 0 amide bonds. The van der Waals surface area contributed by atoms with E-state index in [2.05, 4.69) is 29.4 Å². The lowest BCUT2D eigenvalue weighted by molar-refractivity contribution is 0.0689. The number of unbranched alkanes of at least 4 members (excludes halogenated alkanes) is 1. The van der Waals surface area contributed by atoms with E-state index in [1.54, 1.807) is 4.68 Å². The second-order valence-corrected chi connectivity index (χ2v) is 5.11. The molecule has 0 unspecified atom stereocenters. The summed E-state index contributed by atoms with van der Waals surface area (Å²) in [7, 11) is 0. The van der Waals surface area contributed by atoms with Gasteiger partial charge < -0.3 is 5.11 Å². The van der Waals surface area contributed by atoms with Gasteiger partial charge in [-0.1, -0.05) is 48.9 Å². The second kappa shape index (κ2) is 7.57. The summed E-state index contributed by atoms with van der Waals surface area (Å²) in [4.78, 5) is 11.2. The van der Waals surface area contributed by atoms with Crippen LogP contribution in [0.1, 0.15) is 47.9 Å². The fourth-order valence-corrected chi connectivity index (χ4v) is 2.35. The van der Waals surface area contributed by atoms with E-state index in [4.69, 9.17) is 5.11 Å². The van der Waals surface area contributed by atoms with Gasteiger partial charge in [-0.05, 0) is 31.2 Å². The molecule has 1 heterocycles. The van der Waals surface area contributed by atoms with Crippen LogP contribution in [-0.2, 0) is 19.4 Å². The maximum absolute atomic E-state index is 11.2. The average molecular weight is 287 g/mol. The van der Waals surface area contributed by atoms with Crippen molar-refractivity contribution in [2.75, 3.05) is 0 Å². The third-order valence-corrected chi connectivity index (χ3v) is 3.49. The van der Waals surface area contributed by atoms with Crippen LogP contribution in [0.15, 0.2) is 30.3 Å². The lowest BCUT2D eigenvalue weighted by Crippen LogP contribution is -2.09. The number of rotatable bonds is 8. The first kappa shape index (κ1) is 15.2. The Morgan fingerprint density at radius 3 is 2.62 bits per heavy atom. The van der Waals surface area contributed by atoms with Crippen LogP contribution in [0.3, 0.4) is 0 Å². The molecule has 2 aromatic rings. The molecule has 1 aromatic heterocycles. The zero-order chi connectivity index (χ0) is 15.1. The van der Waals surface area contributed by atoms with Gasteiger partial charge in [0, 0.05) is 6.54 Å². The average Bonchev–Trinajstić information content (AvgIpc) is 2.89. The molecular formula is C16H21N3O2. The lowest BCUT2D eigenvalue weighted by Gasteiger charge is -2.07. The predicted molar refractivity (Wildman–Crippen MR) is 80.4 cm³/mol. The van der Waals surface area contributed by atoms with Crippen LogP contribution < -0.4 is 0 Å². The monoisotopic (exact) mass is 287 g/mol. The molecular weight excluding hydrogens is 266 g/mol. The van der Waals surface area contributed by atoms with Gasteiger partial charge in [0.1, 0.15) is 0 Å². The van der Waals surface area contributed by atoms with Crippen molar-refractivity contribution in [3.8, 4) is 0 Å². The van der Waals surface area contributed by atoms with E-state index in [9.17, 15) is 4.79 Å². The highest BCUT2D eigenvalue weighted by molar-refractivity contribution is 5.86. The topological polar surface area (TPSA) is 68.0 Å². The molecule has 2 rings (SSSR count).